The van der Waals surface area contributed by atoms with Gasteiger partial charge in [-0.25, -0.2) is 9.40 Å². The van der Waals surface area contributed by atoms with E-state index >= 15 is 0 Å². The van der Waals surface area contributed by atoms with Crippen LogP contribution in [0.5, 0.6) is 5.75 Å². The normalized spacial score (nSPS) is 14.3. The van der Waals surface area contributed by atoms with E-state index in [4.69, 9.17) is 9.84 Å². The third kappa shape index (κ3) is 7.35. The van der Waals surface area contributed by atoms with E-state index in [0.29, 0.717) is 41.7 Å². The summed E-state index contributed by atoms with van der Waals surface area (Å²) in [7, 11) is 1.55. The summed E-state index contributed by atoms with van der Waals surface area (Å²) < 4.78 is 20.9. The number of hydrogen-bond acceptors (Lipinski definition) is 8. The molecular weight excluding hydrogens is 624 g/mol. The number of amides is 2. The molecule has 1 atom stereocenters. The molecule has 2 amide bonds. The summed E-state index contributed by atoms with van der Waals surface area (Å²) in [4.78, 5) is 27.6. The van der Waals surface area contributed by atoms with Gasteiger partial charge >= 0.3 is 0 Å². The van der Waals surface area contributed by atoms with Crippen molar-refractivity contribution >= 4 is 40.6 Å². The molecule has 9 nitrogen and oxygen atoms in total. The van der Waals surface area contributed by atoms with Crippen LogP contribution in [0.3, 0.4) is 0 Å². The highest BCUT2D eigenvalue weighted by Crippen LogP contribution is 2.35. The van der Waals surface area contributed by atoms with Crippen molar-refractivity contribution in [3.8, 4) is 5.75 Å². The zero-order chi connectivity index (χ0) is 31.9. The molecule has 0 saturated carbocycles. The molecule has 46 heavy (non-hydrogen) atoms. The van der Waals surface area contributed by atoms with E-state index in [1.54, 1.807) is 54.8 Å². The van der Waals surface area contributed by atoms with Crippen LogP contribution >= 0.6 is 23.1 Å². The maximum atomic E-state index is 13.7. The second kappa shape index (κ2) is 14.5. The van der Waals surface area contributed by atoms with E-state index in [0.717, 1.165) is 21.7 Å². The van der Waals surface area contributed by atoms with Crippen LogP contribution in [-0.2, 0) is 24.3 Å². The van der Waals surface area contributed by atoms with E-state index in [1.165, 1.54) is 28.9 Å². The molecule has 1 aliphatic heterocycles. The van der Waals surface area contributed by atoms with Crippen LogP contribution in [0.2, 0.25) is 0 Å². The highest BCUT2D eigenvalue weighted by molar-refractivity contribution is 7.99. The lowest BCUT2D eigenvalue weighted by atomic mass is 10.0. The average Bonchev–Trinajstić information content (AvgIpc) is 3.86. The summed E-state index contributed by atoms with van der Waals surface area (Å²) in [6, 6.07) is 26.8. The van der Waals surface area contributed by atoms with Crippen molar-refractivity contribution < 1.29 is 18.7 Å². The highest BCUT2D eigenvalue weighted by Gasteiger charge is 2.33. The molecule has 0 radical (unpaired) electrons. The molecule has 0 aliphatic carbocycles. The van der Waals surface area contributed by atoms with Crippen molar-refractivity contribution in [3.05, 3.63) is 130 Å². The number of halogens is 1. The van der Waals surface area contributed by atoms with Gasteiger partial charge in [-0.15, -0.1) is 21.5 Å². The van der Waals surface area contributed by atoms with E-state index in [2.05, 4.69) is 27.6 Å². The number of nitrogens with zero attached hydrogens (tertiary/aromatic N) is 5. The number of nitrogens with one attached hydrogen (secondary N) is 1. The van der Waals surface area contributed by atoms with Gasteiger partial charge in [0.25, 0.3) is 11.8 Å². The number of carbonyl (C=O) groups excluding carboxylic acids is 2. The van der Waals surface area contributed by atoms with Crippen LogP contribution in [0.15, 0.2) is 107 Å². The molecule has 1 N–H and O–H groups in total. The van der Waals surface area contributed by atoms with Crippen LogP contribution in [0.4, 0.5) is 4.39 Å². The molecule has 3 heterocycles. The van der Waals surface area contributed by atoms with Crippen LogP contribution in [-0.4, -0.2) is 50.2 Å². The quantitative estimate of drug-likeness (QED) is 0.163. The fourth-order valence-electron chi connectivity index (χ4n) is 5.16. The summed E-state index contributed by atoms with van der Waals surface area (Å²) in [5, 5.41) is 20.5. The molecule has 0 bridgehead atoms. The Morgan fingerprint density at radius 2 is 1.85 bits per heavy atom. The highest BCUT2D eigenvalue weighted by atomic mass is 32.2. The summed E-state index contributed by atoms with van der Waals surface area (Å²) in [6.07, 6.45) is 1.25. The lowest BCUT2D eigenvalue weighted by molar-refractivity contribution is -0.130. The van der Waals surface area contributed by atoms with Crippen molar-refractivity contribution in [2.24, 2.45) is 5.10 Å². The fourth-order valence-corrected chi connectivity index (χ4v) is 6.72. The third-order valence-corrected chi connectivity index (χ3v) is 9.42. The van der Waals surface area contributed by atoms with Gasteiger partial charge in [-0.2, -0.15) is 5.10 Å². The second-order valence-electron chi connectivity index (χ2n) is 10.5. The number of ether oxygens (including phenoxy) is 1. The molecule has 3 aromatic carbocycles. The van der Waals surface area contributed by atoms with Crippen LogP contribution in [0.1, 0.15) is 44.6 Å². The van der Waals surface area contributed by atoms with Crippen molar-refractivity contribution in [3.63, 3.8) is 0 Å². The minimum atomic E-state index is -0.343. The SMILES string of the molecule is COc1cccc(C(=O)NCc2nnc(SCC(=O)N3N=C(c4cccs4)C[C@@H]3c3ccc(F)cc3)n2CCc2ccccc2)c1. The molecule has 0 fully saturated rings. The molecule has 0 unspecified atom stereocenters. The minimum absolute atomic E-state index is 0.0680. The number of aromatic nitrogens is 3. The van der Waals surface area contributed by atoms with Gasteiger partial charge < -0.3 is 14.6 Å². The van der Waals surface area contributed by atoms with Gasteiger partial charge in [0.05, 0.1) is 36.0 Å². The molecule has 0 saturated heterocycles. The second-order valence-corrected chi connectivity index (χ2v) is 12.4. The van der Waals surface area contributed by atoms with Crippen LogP contribution < -0.4 is 10.1 Å². The molecule has 234 valence electrons. The Kier molecular flexibility index (Phi) is 9.85. The molecule has 2 aromatic heterocycles. The number of methoxy groups -OCH3 is 1. The van der Waals surface area contributed by atoms with E-state index in [-0.39, 0.29) is 36.0 Å². The van der Waals surface area contributed by atoms with E-state index < -0.39 is 0 Å². The number of thiophene rings is 1. The molecule has 0 spiro atoms. The number of carbonyl (C=O) groups is 2. The Morgan fingerprint density at radius 1 is 1.02 bits per heavy atom. The summed E-state index contributed by atoms with van der Waals surface area (Å²) in [5.41, 5.74) is 3.25. The largest absolute Gasteiger partial charge is 0.497 e. The first-order chi connectivity index (χ1) is 22.5. The predicted molar refractivity (Wildman–Crippen MR) is 177 cm³/mol. The lowest BCUT2D eigenvalue weighted by Gasteiger charge is -2.22. The molecular formula is C34H31FN6O3S2. The average molecular weight is 655 g/mol. The third-order valence-electron chi connectivity index (χ3n) is 7.55. The standard InChI is InChI=1S/C34H31FN6O3S2/c1-44-27-10-5-9-25(19-27)33(43)36-21-31-37-38-34(40(31)17-16-23-7-3-2-4-8-23)46-22-32(42)41-29(24-12-14-26(35)15-13-24)20-28(39-41)30-11-6-18-45-30/h2-15,18-19,29H,16-17,20-22H2,1H3,(H,36,43)/t29-/m1/s1. The van der Waals surface area contributed by atoms with E-state index in [9.17, 15) is 14.0 Å². The monoisotopic (exact) mass is 654 g/mol. The number of thioether (sulfide) groups is 1. The van der Waals surface area contributed by atoms with Gasteiger partial charge in [-0.05, 0) is 59.3 Å². The first-order valence-corrected chi connectivity index (χ1v) is 16.5. The predicted octanol–water partition coefficient (Wildman–Crippen LogP) is 6.13. The number of hydrogen-bond donors (Lipinski definition) is 1. The Balaban J connectivity index is 1.19. The van der Waals surface area contributed by atoms with Gasteiger partial charge in [0.1, 0.15) is 11.6 Å². The van der Waals surface area contributed by atoms with Crippen molar-refractivity contribution in [1.82, 2.24) is 25.1 Å². The van der Waals surface area contributed by atoms with E-state index in [1.807, 2.05) is 40.3 Å². The first-order valence-electron chi connectivity index (χ1n) is 14.7. The first kappa shape index (κ1) is 31.2. The minimum Gasteiger partial charge on any atom is -0.497 e. The van der Waals surface area contributed by atoms with Crippen molar-refractivity contribution in [2.45, 2.75) is 37.1 Å². The Morgan fingerprint density at radius 3 is 2.61 bits per heavy atom. The number of rotatable bonds is 12. The number of hydrazone groups is 1. The van der Waals surface area contributed by atoms with Crippen molar-refractivity contribution in [1.29, 1.82) is 0 Å². The van der Waals surface area contributed by atoms with Gasteiger partial charge in [-0.1, -0.05) is 66.4 Å². The van der Waals surface area contributed by atoms with Gasteiger partial charge in [0.15, 0.2) is 11.0 Å². The maximum absolute atomic E-state index is 13.7. The zero-order valence-electron chi connectivity index (χ0n) is 25.0. The molecule has 12 heteroatoms. The number of aryl methyl sites for hydroxylation is 1. The molecule has 1 aliphatic rings. The Bertz CT molecular complexity index is 1830. The van der Waals surface area contributed by atoms with Crippen LogP contribution in [0, 0.1) is 5.82 Å². The lowest BCUT2D eigenvalue weighted by Crippen LogP contribution is -2.28. The smallest absolute Gasteiger partial charge is 0.253 e. The maximum Gasteiger partial charge on any atom is 0.253 e. The van der Waals surface area contributed by atoms with Gasteiger partial charge in [0.2, 0.25) is 0 Å². The number of benzene rings is 3. The molecule has 5 aromatic rings. The van der Waals surface area contributed by atoms with Gasteiger partial charge in [0, 0.05) is 18.5 Å². The summed E-state index contributed by atoms with van der Waals surface area (Å²) >= 11 is 2.84. The van der Waals surface area contributed by atoms with Crippen LogP contribution in [0.25, 0.3) is 0 Å². The summed E-state index contributed by atoms with van der Waals surface area (Å²) in [5.74, 6) is 0.440. The topological polar surface area (TPSA) is 102 Å². The fraction of sp³-hybridized carbons (Fsp3) is 0.206. The Hall–Kier alpha value is -4.81. The zero-order valence-corrected chi connectivity index (χ0v) is 26.6. The summed E-state index contributed by atoms with van der Waals surface area (Å²) in [6.45, 7) is 0.708. The molecule has 6 rings (SSSR count). The van der Waals surface area contributed by atoms with Crippen molar-refractivity contribution in [2.75, 3.05) is 12.9 Å². The Labute approximate surface area is 274 Å². The van der Waals surface area contributed by atoms with Gasteiger partial charge in [-0.3, -0.25) is 9.59 Å².